The number of hydrogen-bond acceptors (Lipinski definition) is 2. The molecule has 3 heteroatoms. The lowest BCUT2D eigenvalue weighted by Gasteiger charge is -2.53. The van der Waals surface area contributed by atoms with Crippen molar-refractivity contribution in [1.29, 1.82) is 0 Å². The summed E-state index contributed by atoms with van der Waals surface area (Å²) < 4.78 is 2.52. The van der Waals surface area contributed by atoms with Crippen molar-refractivity contribution in [2.75, 3.05) is 11.9 Å². The fourth-order valence-corrected chi connectivity index (χ4v) is 9.76. The predicted octanol–water partition coefficient (Wildman–Crippen LogP) is 10.5. The van der Waals surface area contributed by atoms with E-state index in [1.807, 2.05) is 0 Å². The number of hydrogen-bond donors (Lipinski definition) is 0. The number of fused-ring (bicyclic) bond motifs is 3. The number of anilines is 1. The molecule has 1 aliphatic carbocycles. The molecule has 0 amide bonds. The van der Waals surface area contributed by atoms with E-state index in [4.69, 9.17) is 0 Å². The van der Waals surface area contributed by atoms with Crippen LogP contribution in [0.1, 0.15) is 100 Å². The van der Waals surface area contributed by atoms with Crippen LogP contribution < -0.4 is 9.47 Å². The number of pyridine rings is 1. The van der Waals surface area contributed by atoms with E-state index < -0.39 is 0 Å². The molecular weight excluding hydrogens is 583 g/mol. The quantitative estimate of drug-likeness (QED) is 0.188. The summed E-state index contributed by atoms with van der Waals surface area (Å²) in [6, 6.07) is 25.8. The van der Waals surface area contributed by atoms with Crippen molar-refractivity contribution < 1.29 is 4.57 Å². The van der Waals surface area contributed by atoms with Gasteiger partial charge < -0.3 is 9.80 Å². The number of benzene rings is 3. The Hall–Kier alpha value is -4.37. The van der Waals surface area contributed by atoms with E-state index in [9.17, 15) is 0 Å². The Morgan fingerprint density at radius 3 is 2.40 bits per heavy atom. The van der Waals surface area contributed by atoms with Gasteiger partial charge in [-0.25, -0.2) is 0 Å². The lowest BCUT2D eigenvalue weighted by molar-refractivity contribution is -0.676. The number of aromatic nitrogens is 1. The first-order valence-corrected chi connectivity index (χ1v) is 18.2. The summed E-state index contributed by atoms with van der Waals surface area (Å²) in [6.45, 7) is 17.2. The predicted molar refractivity (Wildman–Crippen MR) is 201 cm³/mol. The average Bonchev–Trinajstić information content (AvgIpc) is 3.51. The summed E-state index contributed by atoms with van der Waals surface area (Å²) in [4.78, 5) is 5.26. The van der Waals surface area contributed by atoms with Crippen LogP contribution in [0, 0.1) is 6.92 Å². The van der Waals surface area contributed by atoms with Crippen LogP contribution in [0.3, 0.4) is 0 Å². The maximum Gasteiger partial charge on any atom is 0.217 e. The fourth-order valence-electron chi connectivity index (χ4n) is 9.76. The van der Waals surface area contributed by atoms with Crippen molar-refractivity contribution in [2.24, 2.45) is 0 Å². The molecule has 0 saturated heterocycles. The van der Waals surface area contributed by atoms with Crippen LogP contribution in [0.15, 0.2) is 103 Å². The van der Waals surface area contributed by atoms with Crippen LogP contribution in [0.2, 0.25) is 0 Å². The molecule has 4 aromatic rings. The first kappa shape index (κ1) is 30.9. The molecular formula is C45H50N3+. The Labute approximate surface area is 287 Å². The molecule has 4 aliphatic rings. The number of rotatable bonds is 7. The smallest absolute Gasteiger partial charge is 0.217 e. The summed E-state index contributed by atoms with van der Waals surface area (Å²) in [6.07, 6.45) is 14.1. The Bertz CT molecular complexity index is 2070. The Morgan fingerprint density at radius 2 is 1.62 bits per heavy atom. The van der Waals surface area contributed by atoms with E-state index >= 15 is 0 Å². The molecule has 244 valence electrons. The normalized spacial score (nSPS) is 20.0. The molecule has 3 aliphatic heterocycles. The van der Waals surface area contributed by atoms with Gasteiger partial charge in [-0.1, -0.05) is 95.6 Å². The summed E-state index contributed by atoms with van der Waals surface area (Å²) in [5.74, 6) is 0. The highest BCUT2D eigenvalue weighted by Crippen LogP contribution is 2.61. The third-order valence-corrected chi connectivity index (χ3v) is 12.1. The second-order valence-corrected chi connectivity index (χ2v) is 15.1. The molecule has 1 unspecified atom stereocenters. The van der Waals surface area contributed by atoms with E-state index in [0.29, 0.717) is 0 Å². The van der Waals surface area contributed by atoms with E-state index in [1.165, 1.54) is 78.3 Å². The average molecular weight is 633 g/mol. The zero-order valence-corrected chi connectivity index (χ0v) is 30.1. The summed E-state index contributed by atoms with van der Waals surface area (Å²) in [5.41, 5.74) is 19.4. The second-order valence-electron chi connectivity index (χ2n) is 15.1. The molecule has 3 aromatic carbocycles. The van der Waals surface area contributed by atoms with Crippen molar-refractivity contribution in [3.8, 4) is 22.4 Å². The van der Waals surface area contributed by atoms with Crippen LogP contribution >= 0.6 is 0 Å². The van der Waals surface area contributed by atoms with Crippen LogP contribution in [0.4, 0.5) is 5.69 Å². The zero-order valence-electron chi connectivity index (χ0n) is 30.1. The van der Waals surface area contributed by atoms with Crippen LogP contribution in [0.5, 0.6) is 0 Å². The highest BCUT2D eigenvalue weighted by molar-refractivity contribution is 5.94. The number of likely N-dealkylation sites (N-methyl/N-ethyl adjacent to an activating group) is 1. The molecule has 0 spiro atoms. The third-order valence-electron chi connectivity index (χ3n) is 12.1. The molecule has 0 N–H and O–H groups in total. The molecule has 1 aromatic heterocycles. The van der Waals surface area contributed by atoms with Gasteiger partial charge in [0.05, 0.1) is 22.8 Å². The van der Waals surface area contributed by atoms with Crippen molar-refractivity contribution in [3.63, 3.8) is 0 Å². The Balaban J connectivity index is 1.35. The number of aryl methyl sites for hydroxylation is 2. The minimum Gasteiger partial charge on any atom is -0.355 e. The first-order valence-electron chi connectivity index (χ1n) is 18.2. The molecule has 0 saturated carbocycles. The first-order chi connectivity index (χ1) is 23.2. The molecule has 0 bridgehead atoms. The van der Waals surface area contributed by atoms with Crippen molar-refractivity contribution in [3.05, 3.63) is 136 Å². The van der Waals surface area contributed by atoms with Crippen molar-refractivity contribution in [1.82, 2.24) is 4.90 Å². The highest BCUT2D eigenvalue weighted by Gasteiger charge is 2.53. The molecule has 48 heavy (non-hydrogen) atoms. The minimum atomic E-state index is -0.102. The molecule has 1 atom stereocenters. The molecule has 0 radical (unpaired) electrons. The Kier molecular flexibility index (Phi) is 7.14. The Morgan fingerprint density at radius 1 is 0.875 bits per heavy atom. The fraction of sp³-hybridized carbons (Fsp3) is 0.356. The van der Waals surface area contributed by atoms with Crippen LogP contribution in [-0.4, -0.2) is 17.5 Å². The topological polar surface area (TPSA) is 10.4 Å². The van der Waals surface area contributed by atoms with Gasteiger partial charge in [-0.2, -0.15) is 4.57 Å². The SMILES string of the molecule is CCCc1cccc(-c2ccc3c4c2N(C)C2=CC(C)=CN(C24)C(CC)(CC)C3=CC[n+]2cccc3c2-c2c(C)cccc2C3(C)C)c1. The number of nitrogens with zero attached hydrogens (tertiary/aromatic N) is 3. The van der Waals surface area contributed by atoms with Gasteiger partial charge in [-0.15, -0.1) is 0 Å². The van der Waals surface area contributed by atoms with Gasteiger partial charge in [0.1, 0.15) is 0 Å². The van der Waals surface area contributed by atoms with E-state index in [-0.39, 0.29) is 17.0 Å². The number of allylic oxidation sites excluding steroid dienone is 3. The van der Waals surface area contributed by atoms with Gasteiger partial charge in [0, 0.05) is 47.1 Å². The van der Waals surface area contributed by atoms with E-state index in [2.05, 4.69) is 161 Å². The maximum atomic E-state index is 2.75. The summed E-state index contributed by atoms with van der Waals surface area (Å²) in [5, 5.41) is 0. The van der Waals surface area contributed by atoms with E-state index in [1.54, 1.807) is 0 Å². The van der Waals surface area contributed by atoms with Gasteiger partial charge in [0.2, 0.25) is 5.69 Å². The van der Waals surface area contributed by atoms with Gasteiger partial charge in [0.15, 0.2) is 12.7 Å². The second kappa shape index (κ2) is 11.1. The lowest BCUT2D eigenvalue weighted by Crippen LogP contribution is -2.52. The molecule has 3 nitrogen and oxygen atoms in total. The van der Waals surface area contributed by atoms with E-state index in [0.717, 1.165) is 32.2 Å². The summed E-state index contributed by atoms with van der Waals surface area (Å²) in [7, 11) is 2.30. The van der Waals surface area contributed by atoms with Gasteiger partial charge in [-0.3, -0.25) is 0 Å². The van der Waals surface area contributed by atoms with Gasteiger partial charge in [0.25, 0.3) is 0 Å². The minimum absolute atomic E-state index is 0.0178. The highest BCUT2D eigenvalue weighted by atomic mass is 15.3. The molecule has 8 rings (SSSR count). The zero-order chi connectivity index (χ0) is 33.5. The third kappa shape index (κ3) is 4.15. The lowest BCUT2D eigenvalue weighted by atomic mass is 9.71. The monoisotopic (exact) mass is 632 g/mol. The van der Waals surface area contributed by atoms with Crippen molar-refractivity contribution >= 4 is 11.3 Å². The van der Waals surface area contributed by atoms with Crippen molar-refractivity contribution in [2.45, 2.75) is 97.7 Å². The summed E-state index contributed by atoms with van der Waals surface area (Å²) >= 11 is 0. The molecule has 0 fully saturated rings. The van der Waals surface area contributed by atoms with Crippen LogP contribution in [-0.2, 0) is 18.4 Å². The van der Waals surface area contributed by atoms with Gasteiger partial charge in [-0.05, 0) is 90.3 Å². The molecule has 4 heterocycles. The standard InChI is InChI=1S/C45H50N3/c1-9-15-31-17-13-18-32(27-31)33-21-22-34-35(45(10-2,11-3)48-28-29(4)26-38-43(48)40(34)41(33)46(38)8)23-25-47-24-14-20-37-42(47)39-30(5)16-12-19-36(39)44(37,6)7/h12-14,16-24,26-28,43H,9-11,15,25H2,1-8H3/q+1. The van der Waals surface area contributed by atoms with Crippen LogP contribution in [0.25, 0.3) is 28.0 Å². The maximum absolute atomic E-state index is 2.75. The largest absolute Gasteiger partial charge is 0.355 e. The van der Waals surface area contributed by atoms with Gasteiger partial charge >= 0.3 is 0 Å².